The van der Waals surface area contributed by atoms with Gasteiger partial charge in [0.25, 0.3) is 0 Å². The van der Waals surface area contributed by atoms with Crippen LogP contribution in [0, 0.1) is 5.82 Å². The minimum Gasteiger partial charge on any atom is -0.481 e. The van der Waals surface area contributed by atoms with Crippen molar-refractivity contribution < 1.29 is 23.9 Å². The number of carbonyl (C=O) groups excluding carboxylic acids is 2. The third-order valence-electron chi connectivity index (χ3n) is 3.24. The molecule has 21 heavy (non-hydrogen) atoms. The molecule has 3 N–H and O–H groups in total. The van der Waals surface area contributed by atoms with Gasteiger partial charge in [0.2, 0.25) is 11.8 Å². The maximum atomic E-state index is 13.2. The average molecular weight is 294 g/mol. The molecule has 0 saturated carbocycles. The maximum Gasteiger partial charge on any atom is 0.303 e. The normalized spacial score (nSPS) is 16.8. The average Bonchev–Trinajstić information content (AvgIpc) is 2.41. The summed E-state index contributed by atoms with van der Waals surface area (Å²) in [5.41, 5.74) is 0.865. The van der Waals surface area contributed by atoms with E-state index in [1.807, 2.05) is 0 Å². The van der Waals surface area contributed by atoms with E-state index in [1.54, 1.807) is 0 Å². The van der Waals surface area contributed by atoms with E-state index in [0.29, 0.717) is 17.7 Å². The topological polar surface area (TPSA) is 95.5 Å². The summed E-state index contributed by atoms with van der Waals surface area (Å²) in [6, 6.07) is 3.89. The zero-order chi connectivity index (χ0) is 15.4. The minimum absolute atomic E-state index is 0.0105. The van der Waals surface area contributed by atoms with Crippen LogP contribution in [0.25, 0.3) is 0 Å². The minimum atomic E-state index is -0.929. The van der Waals surface area contributed by atoms with E-state index < -0.39 is 17.7 Å². The number of benzene rings is 1. The number of carboxylic acids is 1. The van der Waals surface area contributed by atoms with E-state index in [1.165, 1.54) is 18.2 Å². The number of rotatable bonds is 5. The number of halogens is 1. The van der Waals surface area contributed by atoms with Gasteiger partial charge in [0, 0.05) is 25.1 Å². The van der Waals surface area contributed by atoms with Crippen LogP contribution in [-0.2, 0) is 14.4 Å². The predicted molar refractivity (Wildman–Crippen MR) is 72.3 cm³/mol. The summed E-state index contributed by atoms with van der Waals surface area (Å²) in [7, 11) is 0. The molecule has 1 atom stereocenters. The number of nitrogens with one attached hydrogen (secondary N) is 2. The van der Waals surface area contributed by atoms with E-state index in [2.05, 4.69) is 10.6 Å². The number of amides is 2. The molecule has 6 nitrogen and oxygen atoms in total. The van der Waals surface area contributed by atoms with Crippen molar-refractivity contribution >= 4 is 23.5 Å². The van der Waals surface area contributed by atoms with Crippen LogP contribution in [-0.4, -0.2) is 29.4 Å². The lowest BCUT2D eigenvalue weighted by Crippen LogP contribution is -2.35. The Hall–Kier alpha value is -2.44. The van der Waals surface area contributed by atoms with Crippen molar-refractivity contribution in [1.29, 1.82) is 0 Å². The van der Waals surface area contributed by atoms with Crippen molar-refractivity contribution in [3.63, 3.8) is 0 Å². The number of fused-ring (bicyclic) bond motifs is 1. The SMILES string of the molecule is O=C(O)CCCNC(=O)C1CC(=O)Nc2cc(F)ccc21. The van der Waals surface area contributed by atoms with Gasteiger partial charge in [-0.1, -0.05) is 6.07 Å². The van der Waals surface area contributed by atoms with Crippen molar-refractivity contribution in [3.8, 4) is 0 Å². The fourth-order valence-corrected chi connectivity index (χ4v) is 2.25. The molecule has 0 fully saturated rings. The van der Waals surface area contributed by atoms with Gasteiger partial charge in [-0.05, 0) is 24.1 Å². The number of hydrogen-bond donors (Lipinski definition) is 3. The van der Waals surface area contributed by atoms with Gasteiger partial charge in [-0.3, -0.25) is 14.4 Å². The first-order chi connectivity index (χ1) is 9.97. The van der Waals surface area contributed by atoms with Crippen LogP contribution in [0.15, 0.2) is 18.2 Å². The highest BCUT2D eigenvalue weighted by molar-refractivity contribution is 6.01. The fraction of sp³-hybridized carbons (Fsp3) is 0.357. The number of anilines is 1. The second-order valence-corrected chi connectivity index (χ2v) is 4.82. The lowest BCUT2D eigenvalue weighted by atomic mass is 9.89. The highest BCUT2D eigenvalue weighted by Crippen LogP contribution is 2.32. The number of carbonyl (C=O) groups is 3. The molecule has 0 aliphatic carbocycles. The van der Waals surface area contributed by atoms with Crippen LogP contribution >= 0.6 is 0 Å². The lowest BCUT2D eigenvalue weighted by Gasteiger charge is -2.24. The second-order valence-electron chi connectivity index (χ2n) is 4.82. The zero-order valence-electron chi connectivity index (χ0n) is 11.2. The zero-order valence-corrected chi connectivity index (χ0v) is 11.2. The summed E-state index contributed by atoms with van der Waals surface area (Å²) in [5.74, 6) is -2.81. The molecule has 2 rings (SSSR count). The maximum absolute atomic E-state index is 13.2. The molecular formula is C14H15FN2O4. The van der Waals surface area contributed by atoms with E-state index in [-0.39, 0.29) is 31.2 Å². The summed E-state index contributed by atoms with van der Waals surface area (Å²) in [6.07, 6.45) is 0.271. The third-order valence-corrected chi connectivity index (χ3v) is 3.24. The Bertz CT molecular complexity index is 588. The van der Waals surface area contributed by atoms with Gasteiger partial charge < -0.3 is 15.7 Å². The van der Waals surface area contributed by atoms with Crippen LogP contribution in [0.5, 0.6) is 0 Å². The molecule has 7 heteroatoms. The molecule has 0 aromatic heterocycles. The predicted octanol–water partition coefficient (Wildman–Crippen LogP) is 1.23. The van der Waals surface area contributed by atoms with Gasteiger partial charge >= 0.3 is 5.97 Å². The number of hydrogen-bond acceptors (Lipinski definition) is 3. The highest BCUT2D eigenvalue weighted by atomic mass is 19.1. The summed E-state index contributed by atoms with van der Waals surface area (Å²) in [6.45, 7) is 0.222. The Morgan fingerprint density at radius 3 is 2.90 bits per heavy atom. The Morgan fingerprint density at radius 2 is 2.19 bits per heavy atom. The lowest BCUT2D eigenvalue weighted by molar-refractivity contribution is -0.137. The fourth-order valence-electron chi connectivity index (χ4n) is 2.25. The Kier molecular flexibility index (Phi) is 4.52. The summed E-state index contributed by atoms with van der Waals surface area (Å²) in [4.78, 5) is 34.1. The van der Waals surface area contributed by atoms with E-state index in [0.717, 1.165) is 0 Å². The van der Waals surface area contributed by atoms with Crippen LogP contribution in [0.4, 0.5) is 10.1 Å². The largest absolute Gasteiger partial charge is 0.481 e. The van der Waals surface area contributed by atoms with E-state index in [4.69, 9.17) is 5.11 Å². The summed E-state index contributed by atoms with van der Waals surface area (Å²) >= 11 is 0. The van der Waals surface area contributed by atoms with Crippen LogP contribution in [0.1, 0.15) is 30.7 Å². The van der Waals surface area contributed by atoms with Gasteiger partial charge in [-0.15, -0.1) is 0 Å². The molecule has 0 radical (unpaired) electrons. The first-order valence-corrected chi connectivity index (χ1v) is 6.56. The molecule has 2 amide bonds. The molecule has 0 saturated heterocycles. The molecule has 0 spiro atoms. The Morgan fingerprint density at radius 1 is 1.43 bits per heavy atom. The third kappa shape index (κ3) is 3.77. The van der Waals surface area contributed by atoms with Crippen LogP contribution in [0.2, 0.25) is 0 Å². The van der Waals surface area contributed by atoms with E-state index in [9.17, 15) is 18.8 Å². The monoisotopic (exact) mass is 294 g/mol. The molecule has 0 bridgehead atoms. The van der Waals surface area contributed by atoms with Crippen molar-refractivity contribution in [2.75, 3.05) is 11.9 Å². The van der Waals surface area contributed by atoms with Gasteiger partial charge in [0.15, 0.2) is 0 Å². The van der Waals surface area contributed by atoms with Crippen molar-refractivity contribution in [2.24, 2.45) is 0 Å². The van der Waals surface area contributed by atoms with Gasteiger partial charge in [0.05, 0.1) is 5.92 Å². The smallest absolute Gasteiger partial charge is 0.303 e. The molecule has 1 aliphatic rings. The standard InChI is InChI=1S/C14H15FN2O4/c15-8-3-4-9-10(7-12(18)17-11(9)6-8)14(21)16-5-1-2-13(19)20/h3-4,6,10H,1-2,5,7H2,(H,16,21)(H,17,18)(H,19,20). The molecule has 1 heterocycles. The first kappa shape index (κ1) is 15.0. The quantitative estimate of drug-likeness (QED) is 0.712. The highest BCUT2D eigenvalue weighted by Gasteiger charge is 2.30. The molecule has 112 valence electrons. The summed E-state index contributed by atoms with van der Waals surface area (Å²) in [5, 5.41) is 13.7. The van der Waals surface area contributed by atoms with Crippen LogP contribution < -0.4 is 10.6 Å². The molecule has 1 aromatic carbocycles. The van der Waals surface area contributed by atoms with Gasteiger partial charge in [-0.2, -0.15) is 0 Å². The molecular weight excluding hydrogens is 279 g/mol. The van der Waals surface area contributed by atoms with E-state index >= 15 is 0 Å². The van der Waals surface area contributed by atoms with Crippen molar-refractivity contribution in [2.45, 2.75) is 25.2 Å². The Labute approximate surface area is 120 Å². The number of aliphatic carboxylic acids is 1. The molecule has 1 aliphatic heterocycles. The summed E-state index contributed by atoms with van der Waals surface area (Å²) < 4.78 is 13.2. The van der Waals surface area contributed by atoms with Crippen molar-refractivity contribution in [3.05, 3.63) is 29.6 Å². The Balaban J connectivity index is 2.04. The molecule has 1 aromatic rings. The second kappa shape index (κ2) is 6.34. The van der Waals surface area contributed by atoms with Gasteiger partial charge in [0.1, 0.15) is 5.82 Å². The van der Waals surface area contributed by atoms with Crippen molar-refractivity contribution in [1.82, 2.24) is 5.32 Å². The molecule has 1 unspecified atom stereocenters. The van der Waals surface area contributed by atoms with Gasteiger partial charge in [-0.25, -0.2) is 4.39 Å². The number of carboxylic acid groups (broad SMARTS) is 1. The van der Waals surface area contributed by atoms with Crippen LogP contribution in [0.3, 0.4) is 0 Å². The first-order valence-electron chi connectivity index (χ1n) is 6.56.